The number of nitrogens with one attached hydrogen (secondary N) is 1. The van der Waals surface area contributed by atoms with Crippen LogP contribution in [0.1, 0.15) is 96.1 Å². The molecule has 9 atom stereocenters. The molecule has 2 aromatic rings. The SMILES string of the molecule is CO[C@H]1/C=C/O[C@@]2(C)Oc3c(C)c(O)c4c(O)c(c(/C=N/N=C(\C)N5CCCCC5)c(O)c4c3C2=O)NC(=O)/C(C)=C\C=C\[C@@H](C)[C@H](O)[C@@H](C)[C@@H](O)[C@@H](C)[C@H](OC(C)=O)[C@@H]1C. The zero-order chi connectivity index (χ0) is 45.1. The van der Waals surface area contributed by atoms with Crippen LogP contribution in [-0.2, 0) is 23.8 Å². The third-order valence-corrected chi connectivity index (χ3v) is 12.2. The van der Waals surface area contributed by atoms with Crippen molar-refractivity contribution >= 4 is 46.2 Å². The van der Waals surface area contributed by atoms with E-state index in [1.165, 1.54) is 53.2 Å². The molecule has 0 unspecified atom stereocenters. The number of phenols is 3. The first-order valence-corrected chi connectivity index (χ1v) is 20.7. The van der Waals surface area contributed by atoms with E-state index in [4.69, 9.17) is 18.9 Å². The Balaban J connectivity index is 1.71. The van der Waals surface area contributed by atoms with Gasteiger partial charge < -0.3 is 54.7 Å². The highest BCUT2D eigenvalue weighted by Gasteiger charge is 2.50. The molecule has 5 bridgehead atoms. The number of nitrogens with zero attached hydrogens (tertiary/aromatic N) is 3. The van der Waals surface area contributed by atoms with Gasteiger partial charge in [-0.15, -0.1) is 5.10 Å². The van der Waals surface area contributed by atoms with Crippen LogP contribution in [0.5, 0.6) is 23.0 Å². The topological polar surface area (TPSA) is 229 Å². The van der Waals surface area contributed by atoms with Gasteiger partial charge in [0, 0.05) is 74.2 Å². The molecule has 16 heteroatoms. The van der Waals surface area contributed by atoms with Gasteiger partial charge in [0.05, 0.1) is 53.0 Å². The lowest BCUT2D eigenvalue weighted by atomic mass is 9.78. The van der Waals surface area contributed by atoms with E-state index in [9.17, 15) is 39.9 Å². The van der Waals surface area contributed by atoms with E-state index in [1.54, 1.807) is 46.8 Å². The fraction of sp³-hybridized carbons (Fsp3) is 0.533. The molecule has 4 aliphatic heterocycles. The molecule has 1 amide bonds. The van der Waals surface area contributed by atoms with Gasteiger partial charge in [0.15, 0.2) is 5.75 Å². The first kappa shape index (κ1) is 46.6. The molecular formula is C45H60N4O12. The van der Waals surface area contributed by atoms with Gasteiger partial charge in [0.1, 0.15) is 29.2 Å². The molecule has 16 nitrogen and oxygen atoms in total. The summed E-state index contributed by atoms with van der Waals surface area (Å²) in [6.07, 6.45) is 7.76. The number of benzene rings is 2. The molecule has 6 rings (SSSR count). The summed E-state index contributed by atoms with van der Waals surface area (Å²) in [5.74, 6) is -7.94. The van der Waals surface area contributed by atoms with Crippen molar-refractivity contribution in [2.24, 2.45) is 33.9 Å². The number of esters is 1. The highest BCUT2D eigenvalue weighted by molar-refractivity contribution is 6.23. The molecule has 2 aromatic carbocycles. The summed E-state index contributed by atoms with van der Waals surface area (Å²) in [6, 6.07) is 0. The Labute approximate surface area is 356 Å². The van der Waals surface area contributed by atoms with Crippen molar-refractivity contribution in [2.45, 2.75) is 112 Å². The van der Waals surface area contributed by atoms with E-state index in [0.717, 1.165) is 38.6 Å². The Morgan fingerprint density at radius 3 is 2.25 bits per heavy atom. The Kier molecular flexibility index (Phi) is 14.6. The normalized spacial score (nSPS) is 31.4. The fourth-order valence-corrected chi connectivity index (χ4v) is 8.32. The van der Waals surface area contributed by atoms with Crippen molar-refractivity contribution in [1.82, 2.24) is 4.90 Å². The van der Waals surface area contributed by atoms with E-state index in [-0.39, 0.29) is 44.5 Å². The summed E-state index contributed by atoms with van der Waals surface area (Å²) < 4.78 is 23.6. The number of ketones is 1. The van der Waals surface area contributed by atoms with Crippen LogP contribution >= 0.6 is 0 Å². The van der Waals surface area contributed by atoms with Crippen LogP contribution in [0.3, 0.4) is 0 Å². The molecular weight excluding hydrogens is 789 g/mol. The number of aliphatic hydroxyl groups is 2. The maximum absolute atomic E-state index is 14.5. The number of phenolic OH excluding ortho intramolecular Hbond substituents is 3. The number of amides is 1. The Bertz CT molecular complexity index is 2170. The summed E-state index contributed by atoms with van der Waals surface area (Å²) in [4.78, 5) is 42.6. The lowest BCUT2D eigenvalue weighted by Gasteiger charge is -2.38. The number of allylic oxidation sites excluding steroid dienone is 2. The minimum Gasteiger partial charge on any atom is -0.507 e. The smallest absolute Gasteiger partial charge is 0.312 e. The lowest BCUT2D eigenvalue weighted by molar-refractivity contribution is -0.160. The van der Waals surface area contributed by atoms with E-state index < -0.39 is 88.8 Å². The van der Waals surface area contributed by atoms with Crippen molar-refractivity contribution in [3.05, 3.63) is 52.8 Å². The maximum Gasteiger partial charge on any atom is 0.312 e. The molecule has 332 valence electrons. The van der Waals surface area contributed by atoms with Gasteiger partial charge in [-0.05, 0) is 46.1 Å². The second kappa shape index (κ2) is 19.1. The van der Waals surface area contributed by atoms with E-state index in [2.05, 4.69) is 20.4 Å². The third-order valence-electron chi connectivity index (χ3n) is 12.2. The fourth-order valence-electron chi connectivity index (χ4n) is 8.32. The van der Waals surface area contributed by atoms with Crippen LogP contribution in [-0.4, -0.2) is 111 Å². The second-order valence-corrected chi connectivity index (χ2v) is 16.6. The Morgan fingerprint density at radius 2 is 1.61 bits per heavy atom. The number of Topliss-reactive ketones (excluding diaryl/α,β-unsaturated/α-hetero) is 1. The average Bonchev–Trinajstić information content (AvgIpc) is 3.50. The standard InChI is InChI=1S/C45H60N4O12/c1-22-15-14-16-23(2)44(57)47-35-30(21-46-48-28(7)49-18-12-11-13-19-49)39(54)32-33(40(35)55)38(53)27(6)42-34(32)43(56)45(9,61-42)59-20-17-31(58-10)24(3)41(60-29(8)50)26(5)37(52)25(4)36(22)51/h14-17,20-22,24-26,31,36-37,41,51-55H,11-13,18-19H2,1-10H3,(H,47,57)/b15-14+,20-17+,23-16-,46-21+,48-28+/t22-,24-,25-,26-,31+,36+,37-,41-,45+/m1/s1. The second-order valence-electron chi connectivity index (χ2n) is 16.6. The van der Waals surface area contributed by atoms with Gasteiger partial charge in [-0.2, -0.15) is 5.10 Å². The summed E-state index contributed by atoms with van der Waals surface area (Å²) in [7, 11) is 1.43. The van der Waals surface area contributed by atoms with Gasteiger partial charge in [0.2, 0.25) is 0 Å². The number of anilines is 1. The largest absolute Gasteiger partial charge is 0.507 e. The number of fused-ring (bicyclic) bond motifs is 14. The molecule has 4 heterocycles. The highest BCUT2D eigenvalue weighted by atomic mass is 16.7. The lowest BCUT2D eigenvalue weighted by Crippen LogP contribution is -2.46. The molecule has 1 saturated heterocycles. The van der Waals surface area contributed by atoms with Gasteiger partial charge >= 0.3 is 11.8 Å². The zero-order valence-corrected chi connectivity index (χ0v) is 36.6. The number of aliphatic hydroxyl groups excluding tert-OH is 2. The van der Waals surface area contributed by atoms with Crippen LogP contribution in [0.4, 0.5) is 5.69 Å². The molecule has 4 aliphatic rings. The minimum absolute atomic E-state index is 0.0414. The van der Waals surface area contributed by atoms with Crippen molar-refractivity contribution < 1.29 is 58.9 Å². The first-order chi connectivity index (χ1) is 28.7. The predicted octanol–water partition coefficient (Wildman–Crippen LogP) is 5.99. The zero-order valence-electron chi connectivity index (χ0n) is 36.6. The molecule has 0 saturated carbocycles. The van der Waals surface area contributed by atoms with E-state index >= 15 is 0 Å². The van der Waals surface area contributed by atoms with Gasteiger partial charge in [-0.25, -0.2) is 0 Å². The van der Waals surface area contributed by atoms with Crippen LogP contribution in [0.2, 0.25) is 0 Å². The number of amidine groups is 1. The third kappa shape index (κ3) is 9.41. The molecule has 0 aromatic heterocycles. The van der Waals surface area contributed by atoms with Gasteiger partial charge in [-0.3, -0.25) is 14.4 Å². The van der Waals surface area contributed by atoms with Gasteiger partial charge in [0.25, 0.3) is 11.7 Å². The molecule has 0 radical (unpaired) electrons. The highest BCUT2D eigenvalue weighted by Crippen LogP contribution is 2.55. The summed E-state index contributed by atoms with van der Waals surface area (Å²) >= 11 is 0. The average molecular weight is 849 g/mol. The van der Waals surface area contributed by atoms with Crippen molar-refractivity contribution in [3.63, 3.8) is 0 Å². The van der Waals surface area contributed by atoms with Crippen LogP contribution < -0.4 is 10.1 Å². The molecule has 1 fully saturated rings. The van der Waals surface area contributed by atoms with Crippen molar-refractivity contribution in [1.29, 1.82) is 0 Å². The Hall–Kier alpha value is -5.45. The molecule has 61 heavy (non-hydrogen) atoms. The summed E-state index contributed by atoms with van der Waals surface area (Å²) in [5, 5.41) is 69.1. The van der Waals surface area contributed by atoms with E-state index in [1.807, 2.05) is 0 Å². The number of piperidine rings is 1. The number of aromatic hydroxyl groups is 3. The number of hydrogen-bond acceptors (Lipinski definition) is 14. The minimum atomic E-state index is -2.06. The van der Waals surface area contributed by atoms with Crippen molar-refractivity contribution in [3.8, 4) is 23.0 Å². The maximum atomic E-state index is 14.5. The monoisotopic (exact) mass is 848 g/mol. The molecule has 0 spiro atoms. The predicted molar refractivity (Wildman–Crippen MR) is 230 cm³/mol. The number of carbonyl (C=O) groups is 3. The molecule has 0 aliphatic carbocycles. The van der Waals surface area contributed by atoms with Crippen LogP contribution in [0, 0.1) is 30.6 Å². The number of ether oxygens (including phenoxy) is 4. The number of carbonyl (C=O) groups excluding carboxylic acids is 3. The first-order valence-electron chi connectivity index (χ1n) is 20.7. The quantitative estimate of drug-likeness (QED) is 0.0519. The van der Waals surface area contributed by atoms with Gasteiger partial charge in [-0.1, -0.05) is 45.9 Å². The van der Waals surface area contributed by atoms with Crippen molar-refractivity contribution in [2.75, 3.05) is 25.5 Å². The Morgan fingerprint density at radius 1 is 0.934 bits per heavy atom. The van der Waals surface area contributed by atoms with Crippen LogP contribution in [0.25, 0.3) is 10.8 Å². The number of hydrogen-bond donors (Lipinski definition) is 6. The molecule has 6 N–H and O–H groups in total. The number of rotatable bonds is 4. The van der Waals surface area contributed by atoms with Crippen LogP contribution in [0.15, 0.2) is 46.3 Å². The van der Waals surface area contributed by atoms with E-state index in [0.29, 0.717) is 5.84 Å². The summed E-state index contributed by atoms with van der Waals surface area (Å²) in [6.45, 7) is 15.9. The number of methoxy groups -OCH3 is 1. The summed E-state index contributed by atoms with van der Waals surface area (Å²) in [5.41, 5.74) is -0.535. The number of likely N-dealkylation sites (tertiary alicyclic amines) is 1.